The van der Waals surface area contributed by atoms with Gasteiger partial charge in [0.05, 0.1) is 0 Å². The fourth-order valence-electron chi connectivity index (χ4n) is 0.974. The summed E-state index contributed by atoms with van der Waals surface area (Å²) in [7, 11) is 0. The van der Waals surface area contributed by atoms with Crippen LogP contribution in [-0.2, 0) is 0 Å². The summed E-state index contributed by atoms with van der Waals surface area (Å²) < 4.78 is 0.896. The molecule has 0 amide bonds. The summed E-state index contributed by atoms with van der Waals surface area (Å²) in [6, 6.07) is 0.0985. The van der Waals surface area contributed by atoms with Crippen LogP contribution in [0.3, 0.4) is 0 Å². The highest BCUT2D eigenvalue weighted by Crippen LogP contribution is 2.23. The number of ketones is 1. The second-order valence-electron chi connectivity index (χ2n) is 3.07. The van der Waals surface area contributed by atoms with Crippen molar-refractivity contribution in [3.8, 4) is 0 Å². The molecule has 0 fully saturated rings. The molecule has 0 radical (unpaired) electrons. The van der Waals surface area contributed by atoms with Crippen molar-refractivity contribution >= 4 is 33.0 Å². The third kappa shape index (κ3) is 3.21. The molecule has 0 aliphatic carbocycles. The van der Waals surface area contributed by atoms with Crippen LogP contribution in [0, 0.1) is 0 Å². The van der Waals surface area contributed by atoms with Gasteiger partial charge in [0.15, 0.2) is 5.78 Å². The maximum absolute atomic E-state index is 11.6. The number of carbonyl (C=O) groups is 1. The highest BCUT2D eigenvalue weighted by molar-refractivity contribution is 9.10. The number of thiophene rings is 1. The number of rotatable bonds is 4. The lowest BCUT2D eigenvalue weighted by Gasteiger charge is -2.02. The molecule has 0 aliphatic heterocycles. The van der Waals surface area contributed by atoms with Gasteiger partial charge in [-0.25, -0.2) is 0 Å². The lowest BCUT2D eigenvalue weighted by Crippen LogP contribution is -2.16. The van der Waals surface area contributed by atoms with Crippen LogP contribution in [0.25, 0.3) is 0 Å². The number of carbonyl (C=O) groups excluding carboxylic acids is 1. The van der Waals surface area contributed by atoms with Gasteiger partial charge >= 0.3 is 0 Å². The smallest absolute Gasteiger partial charge is 0.164 e. The van der Waals surface area contributed by atoms with Crippen LogP contribution >= 0.6 is 27.3 Å². The van der Waals surface area contributed by atoms with Crippen molar-refractivity contribution in [1.29, 1.82) is 0 Å². The van der Waals surface area contributed by atoms with Gasteiger partial charge in [-0.05, 0) is 29.3 Å². The van der Waals surface area contributed by atoms with Crippen molar-refractivity contribution in [1.82, 2.24) is 0 Å². The Morgan fingerprint density at radius 1 is 1.69 bits per heavy atom. The van der Waals surface area contributed by atoms with Gasteiger partial charge in [0, 0.05) is 33.3 Å². The van der Waals surface area contributed by atoms with E-state index in [1.807, 2.05) is 17.7 Å². The Morgan fingerprint density at radius 3 is 2.85 bits per heavy atom. The molecule has 2 N–H and O–H groups in total. The molecule has 1 rings (SSSR count). The first-order valence-corrected chi connectivity index (χ1v) is 5.85. The Balaban J connectivity index is 2.54. The predicted octanol–water partition coefficient (Wildman–Crippen LogP) is 2.82. The summed E-state index contributed by atoms with van der Waals surface area (Å²) in [6.07, 6.45) is 1.29. The topological polar surface area (TPSA) is 43.1 Å². The van der Waals surface area contributed by atoms with E-state index in [4.69, 9.17) is 5.73 Å². The SMILES string of the molecule is CC(N)CCC(=O)c1cscc1Br. The molecule has 1 heterocycles. The zero-order chi connectivity index (χ0) is 9.84. The average Bonchev–Trinajstić information content (AvgIpc) is 2.47. The van der Waals surface area contributed by atoms with Gasteiger partial charge in [-0.15, -0.1) is 0 Å². The van der Waals surface area contributed by atoms with Gasteiger partial charge in [-0.1, -0.05) is 0 Å². The van der Waals surface area contributed by atoms with Gasteiger partial charge in [-0.3, -0.25) is 4.79 Å². The minimum Gasteiger partial charge on any atom is -0.328 e. The van der Waals surface area contributed by atoms with Crippen molar-refractivity contribution in [2.45, 2.75) is 25.8 Å². The molecule has 2 nitrogen and oxygen atoms in total. The van der Waals surface area contributed by atoms with Crippen molar-refractivity contribution in [2.75, 3.05) is 0 Å². The Morgan fingerprint density at radius 2 is 2.38 bits per heavy atom. The molecule has 0 spiro atoms. The molecule has 0 aromatic carbocycles. The van der Waals surface area contributed by atoms with Gasteiger partial charge in [0.2, 0.25) is 0 Å². The van der Waals surface area contributed by atoms with Crippen LogP contribution in [0.15, 0.2) is 15.2 Å². The zero-order valence-corrected chi connectivity index (χ0v) is 9.82. The second-order valence-corrected chi connectivity index (χ2v) is 4.67. The molecular weight excluding hydrogens is 250 g/mol. The normalized spacial score (nSPS) is 12.8. The van der Waals surface area contributed by atoms with Gasteiger partial charge in [-0.2, -0.15) is 11.3 Å². The van der Waals surface area contributed by atoms with Gasteiger partial charge in [0.1, 0.15) is 0 Å². The fourth-order valence-corrected chi connectivity index (χ4v) is 2.49. The summed E-state index contributed by atoms with van der Waals surface area (Å²) in [5.74, 6) is 0.172. The molecule has 0 saturated carbocycles. The van der Waals surface area contributed by atoms with Crippen LogP contribution in [0.5, 0.6) is 0 Å². The monoisotopic (exact) mass is 261 g/mol. The second kappa shape index (κ2) is 4.88. The molecule has 0 bridgehead atoms. The Bertz CT molecular complexity index is 296. The van der Waals surface area contributed by atoms with Gasteiger partial charge < -0.3 is 5.73 Å². The molecule has 1 atom stereocenters. The number of halogens is 1. The van der Waals surface area contributed by atoms with E-state index in [0.717, 1.165) is 16.5 Å². The highest BCUT2D eigenvalue weighted by Gasteiger charge is 2.10. The van der Waals surface area contributed by atoms with E-state index in [1.165, 1.54) is 11.3 Å². The van der Waals surface area contributed by atoms with E-state index < -0.39 is 0 Å². The first kappa shape index (κ1) is 10.9. The van der Waals surface area contributed by atoms with E-state index in [2.05, 4.69) is 15.9 Å². The lowest BCUT2D eigenvalue weighted by atomic mass is 10.1. The quantitative estimate of drug-likeness (QED) is 0.848. The van der Waals surface area contributed by atoms with E-state index in [1.54, 1.807) is 0 Å². The molecule has 72 valence electrons. The summed E-state index contributed by atoms with van der Waals surface area (Å²) in [6.45, 7) is 1.91. The Kier molecular flexibility index (Phi) is 4.09. The van der Waals surface area contributed by atoms with E-state index in [-0.39, 0.29) is 11.8 Å². The summed E-state index contributed by atoms with van der Waals surface area (Å²) >= 11 is 4.86. The summed E-state index contributed by atoms with van der Waals surface area (Å²) in [5.41, 5.74) is 6.35. The fraction of sp³-hybridized carbons (Fsp3) is 0.444. The van der Waals surface area contributed by atoms with Crippen molar-refractivity contribution in [3.63, 3.8) is 0 Å². The van der Waals surface area contributed by atoms with Crippen molar-refractivity contribution < 1.29 is 4.79 Å². The highest BCUT2D eigenvalue weighted by atomic mass is 79.9. The third-order valence-electron chi connectivity index (χ3n) is 1.74. The van der Waals surface area contributed by atoms with Crippen molar-refractivity contribution in [3.05, 3.63) is 20.8 Å². The predicted molar refractivity (Wildman–Crippen MR) is 59.2 cm³/mol. The first-order chi connectivity index (χ1) is 6.11. The van der Waals surface area contributed by atoms with E-state index in [9.17, 15) is 4.79 Å². The van der Waals surface area contributed by atoms with Crippen molar-refractivity contribution in [2.24, 2.45) is 5.73 Å². The molecular formula is C9H12BrNOS. The van der Waals surface area contributed by atoms with E-state index >= 15 is 0 Å². The van der Waals surface area contributed by atoms with Crippen LogP contribution in [-0.4, -0.2) is 11.8 Å². The van der Waals surface area contributed by atoms with Gasteiger partial charge in [0.25, 0.3) is 0 Å². The maximum atomic E-state index is 11.6. The van der Waals surface area contributed by atoms with Crippen LogP contribution in [0.2, 0.25) is 0 Å². The Hall–Kier alpha value is -0.190. The molecule has 0 saturated heterocycles. The molecule has 13 heavy (non-hydrogen) atoms. The van der Waals surface area contributed by atoms with Crippen LogP contribution in [0.1, 0.15) is 30.1 Å². The molecule has 1 unspecified atom stereocenters. The standard InChI is InChI=1S/C9H12BrNOS/c1-6(11)2-3-9(12)7-4-13-5-8(7)10/h4-6H,2-3,11H2,1H3. The summed E-state index contributed by atoms with van der Waals surface area (Å²) in [4.78, 5) is 11.6. The third-order valence-corrected chi connectivity index (χ3v) is 3.44. The lowest BCUT2D eigenvalue weighted by molar-refractivity contribution is 0.0977. The molecule has 1 aromatic rings. The first-order valence-electron chi connectivity index (χ1n) is 4.11. The van der Waals surface area contributed by atoms with Crippen LogP contribution < -0.4 is 5.73 Å². The zero-order valence-electron chi connectivity index (χ0n) is 7.42. The number of nitrogens with two attached hydrogens (primary N) is 1. The minimum absolute atomic E-state index is 0.0985. The number of hydrogen-bond acceptors (Lipinski definition) is 3. The molecule has 4 heteroatoms. The van der Waals surface area contributed by atoms with Crippen LogP contribution in [0.4, 0.5) is 0 Å². The van der Waals surface area contributed by atoms with E-state index in [0.29, 0.717) is 6.42 Å². The summed E-state index contributed by atoms with van der Waals surface area (Å²) in [5, 5.41) is 3.78. The Labute approximate surface area is 90.3 Å². The minimum atomic E-state index is 0.0985. The molecule has 0 aliphatic rings. The number of hydrogen-bond donors (Lipinski definition) is 1. The average molecular weight is 262 g/mol. The molecule has 1 aromatic heterocycles. The largest absolute Gasteiger partial charge is 0.328 e. The maximum Gasteiger partial charge on any atom is 0.164 e. The number of Topliss-reactive ketones (excluding diaryl/α,β-unsaturated/α-hetero) is 1.